The molecule has 2 aromatic rings. The number of halogens is 1. The van der Waals surface area contributed by atoms with Crippen molar-refractivity contribution in [1.29, 1.82) is 0 Å². The van der Waals surface area contributed by atoms with Gasteiger partial charge in [0, 0.05) is 43.7 Å². The van der Waals surface area contributed by atoms with Crippen LogP contribution in [-0.4, -0.2) is 22.8 Å². The number of hydrogen-bond donors (Lipinski definition) is 1. The lowest BCUT2D eigenvalue weighted by Gasteiger charge is -2.10. The van der Waals surface area contributed by atoms with Crippen molar-refractivity contribution in [3.05, 3.63) is 47.2 Å². The Balaban J connectivity index is 1.83. The molecule has 0 spiro atoms. The molecule has 2 rings (SSSR count). The Morgan fingerprint density at radius 3 is 2.85 bits per heavy atom. The molecule has 0 bridgehead atoms. The predicted molar refractivity (Wildman–Crippen MR) is 82.1 cm³/mol. The zero-order valence-corrected chi connectivity index (χ0v) is 12.4. The van der Waals surface area contributed by atoms with Crippen LogP contribution in [0.15, 0.2) is 36.7 Å². The van der Waals surface area contributed by atoms with E-state index in [1.165, 1.54) is 5.56 Å². The minimum atomic E-state index is 0.736. The fourth-order valence-electron chi connectivity index (χ4n) is 1.92. The number of nitrogens with zero attached hydrogens (tertiary/aromatic N) is 2. The molecule has 0 fully saturated rings. The lowest BCUT2D eigenvalue weighted by Crippen LogP contribution is -2.08. The third kappa shape index (κ3) is 4.54. The van der Waals surface area contributed by atoms with Gasteiger partial charge in [-0.05, 0) is 31.0 Å². The molecular weight excluding hydrogens is 274 g/mol. The molecule has 0 atom stereocenters. The van der Waals surface area contributed by atoms with E-state index in [2.05, 4.69) is 14.9 Å². The lowest BCUT2D eigenvalue weighted by atomic mass is 10.2. The second kappa shape index (κ2) is 7.92. The Morgan fingerprint density at radius 1 is 1.30 bits per heavy atom. The first kappa shape index (κ1) is 14.9. The van der Waals surface area contributed by atoms with E-state index in [1.807, 2.05) is 43.6 Å². The standard InChI is InChI=1S/C15H20ClN3O/c1-2-20-11-3-9-19-10-8-17-15(19)18-12-13-4-6-14(16)7-5-13/h4-8,10H,2-3,9,11-12H2,1H3,(H,17,18). The maximum Gasteiger partial charge on any atom is 0.203 e. The second-order valence-corrected chi connectivity index (χ2v) is 4.91. The van der Waals surface area contributed by atoms with E-state index < -0.39 is 0 Å². The highest BCUT2D eigenvalue weighted by atomic mass is 35.5. The second-order valence-electron chi connectivity index (χ2n) is 4.47. The number of imidazole rings is 1. The molecule has 108 valence electrons. The third-order valence-corrected chi connectivity index (χ3v) is 3.22. The molecule has 1 aromatic heterocycles. The smallest absolute Gasteiger partial charge is 0.203 e. The number of aryl methyl sites for hydroxylation is 1. The highest BCUT2D eigenvalue weighted by Gasteiger charge is 2.02. The van der Waals surface area contributed by atoms with E-state index in [0.717, 1.165) is 43.7 Å². The van der Waals surface area contributed by atoms with E-state index in [4.69, 9.17) is 16.3 Å². The fourth-order valence-corrected chi connectivity index (χ4v) is 2.05. The van der Waals surface area contributed by atoms with Crippen molar-refractivity contribution < 1.29 is 4.74 Å². The van der Waals surface area contributed by atoms with Crippen LogP contribution in [0.25, 0.3) is 0 Å². The van der Waals surface area contributed by atoms with Crippen LogP contribution in [0.5, 0.6) is 0 Å². The number of benzene rings is 1. The number of ether oxygens (including phenoxy) is 1. The molecule has 1 heterocycles. The molecule has 0 aliphatic carbocycles. The van der Waals surface area contributed by atoms with E-state index >= 15 is 0 Å². The molecule has 5 heteroatoms. The summed E-state index contributed by atoms with van der Waals surface area (Å²) >= 11 is 5.87. The highest BCUT2D eigenvalue weighted by molar-refractivity contribution is 6.30. The maximum atomic E-state index is 5.87. The summed E-state index contributed by atoms with van der Waals surface area (Å²) in [7, 11) is 0. The molecule has 4 nitrogen and oxygen atoms in total. The van der Waals surface area contributed by atoms with Gasteiger partial charge in [0.2, 0.25) is 5.95 Å². The van der Waals surface area contributed by atoms with Crippen molar-refractivity contribution in [3.8, 4) is 0 Å². The van der Waals surface area contributed by atoms with Gasteiger partial charge in [-0.1, -0.05) is 23.7 Å². The van der Waals surface area contributed by atoms with Crippen LogP contribution in [-0.2, 0) is 17.8 Å². The molecule has 0 radical (unpaired) electrons. The van der Waals surface area contributed by atoms with Crippen molar-refractivity contribution >= 4 is 17.5 Å². The molecule has 0 saturated heterocycles. The number of nitrogens with one attached hydrogen (secondary N) is 1. The van der Waals surface area contributed by atoms with Crippen LogP contribution in [0.1, 0.15) is 18.9 Å². The van der Waals surface area contributed by atoms with Crippen LogP contribution < -0.4 is 5.32 Å². The zero-order valence-electron chi connectivity index (χ0n) is 11.7. The first-order valence-electron chi connectivity index (χ1n) is 6.87. The summed E-state index contributed by atoms with van der Waals surface area (Å²) < 4.78 is 7.45. The molecule has 0 saturated carbocycles. The van der Waals surface area contributed by atoms with Gasteiger partial charge in [0.05, 0.1) is 0 Å². The van der Waals surface area contributed by atoms with Crippen molar-refractivity contribution in [2.45, 2.75) is 26.4 Å². The molecule has 0 aliphatic heterocycles. The molecule has 0 amide bonds. The van der Waals surface area contributed by atoms with Gasteiger partial charge in [-0.3, -0.25) is 0 Å². The van der Waals surface area contributed by atoms with Crippen LogP contribution in [0.4, 0.5) is 5.95 Å². The van der Waals surface area contributed by atoms with Gasteiger partial charge < -0.3 is 14.6 Å². The minimum Gasteiger partial charge on any atom is -0.382 e. The quantitative estimate of drug-likeness (QED) is 0.756. The molecule has 0 aliphatic rings. The summed E-state index contributed by atoms with van der Waals surface area (Å²) in [5.41, 5.74) is 1.18. The van der Waals surface area contributed by atoms with E-state index in [9.17, 15) is 0 Å². The van der Waals surface area contributed by atoms with Gasteiger partial charge >= 0.3 is 0 Å². The van der Waals surface area contributed by atoms with Crippen LogP contribution >= 0.6 is 11.6 Å². The normalized spacial score (nSPS) is 10.7. The fraction of sp³-hybridized carbons (Fsp3) is 0.400. The summed E-state index contributed by atoms with van der Waals surface area (Å²) in [6.45, 7) is 5.20. The van der Waals surface area contributed by atoms with Crippen LogP contribution in [0.3, 0.4) is 0 Å². The molecule has 0 unspecified atom stereocenters. The number of rotatable bonds is 8. The Bertz CT molecular complexity index is 510. The van der Waals surface area contributed by atoms with Crippen molar-refractivity contribution in [1.82, 2.24) is 9.55 Å². The number of aromatic nitrogens is 2. The van der Waals surface area contributed by atoms with E-state index in [1.54, 1.807) is 0 Å². The van der Waals surface area contributed by atoms with Crippen molar-refractivity contribution in [3.63, 3.8) is 0 Å². The van der Waals surface area contributed by atoms with Gasteiger partial charge in [-0.25, -0.2) is 4.98 Å². The van der Waals surface area contributed by atoms with Gasteiger partial charge in [-0.2, -0.15) is 0 Å². The predicted octanol–water partition coefficient (Wildman–Crippen LogP) is 3.58. The minimum absolute atomic E-state index is 0.736. The van der Waals surface area contributed by atoms with Crippen LogP contribution in [0.2, 0.25) is 5.02 Å². The Labute approximate surface area is 124 Å². The molecular formula is C15H20ClN3O. The Morgan fingerprint density at radius 2 is 2.10 bits per heavy atom. The summed E-state index contributed by atoms with van der Waals surface area (Å²) in [5.74, 6) is 0.886. The summed E-state index contributed by atoms with van der Waals surface area (Å²) in [6, 6.07) is 7.82. The largest absolute Gasteiger partial charge is 0.382 e. The molecule has 20 heavy (non-hydrogen) atoms. The monoisotopic (exact) mass is 293 g/mol. The maximum absolute atomic E-state index is 5.87. The van der Waals surface area contributed by atoms with Gasteiger partial charge in [0.15, 0.2) is 0 Å². The Kier molecular flexibility index (Phi) is 5.89. The average Bonchev–Trinajstić information content (AvgIpc) is 2.90. The Hall–Kier alpha value is -1.52. The summed E-state index contributed by atoms with van der Waals surface area (Å²) in [4.78, 5) is 4.33. The number of hydrogen-bond acceptors (Lipinski definition) is 3. The average molecular weight is 294 g/mol. The van der Waals surface area contributed by atoms with Crippen molar-refractivity contribution in [2.24, 2.45) is 0 Å². The van der Waals surface area contributed by atoms with Gasteiger partial charge in [0.1, 0.15) is 0 Å². The summed E-state index contributed by atoms with van der Waals surface area (Å²) in [6.07, 6.45) is 4.78. The van der Waals surface area contributed by atoms with Crippen LogP contribution in [0, 0.1) is 0 Å². The van der Waals surface area contributed by atoms with E-state index in [-0.39, 0.29) is 0 Å². The van der Waals surface area contributed by atoms with Crippen molar-refractivity contribution in [2.75, 3.05) is 18.5 Å². The molecule has 1 N–H and O–H groups in total. The summed E-state index contributed by atoms with van der Waals surface area (Å²) in [5, 5.41) is 4.09. The number of anilines is 1. The van der Waals surface area contributed by atoms with E-state index in [0.29, 0.717) is 0 Å². The highest BCUT2D eigenvalue weighted by Crippen LogP contribution is 2.12. The topological polar surface area (TPSA) is 39.1 Å². The SMILES string of the molecule is CCOCCCn1ccnc1NCc1ccc(Cl)cc1. The first-order valence-corrected chi connectivity index (χ1v) is 7.24. The zero-order chi connectivity index (χ0) is 14.2. The third-order valence-electron chi connectivity index (χ3n) is 2.97. The van der Waals surface area contributed by atoms with Gasteiger partial charge in [-0.15, -0.1) is 0 Å². The molecule has 1 aromatic carbocycles. The van der Waals surface area contributed by atoms with Gasteiger partial charge in [0.25, 0.3) is 0 Å². The lowest BCUT2D eigenvalue weighted by molar-refractivity contribution is 0.142. The first-order chi connectivity index (χ1) is 9.79.